The number of nitrogens with zero attached hydrogens (tertiary/aromatic N) is 2. The van der Waals surface area contributed by atoms with Gasteiger partial charge in [-0.15, -0.1) is 0 Å². The van der Waals surface area contributed by atoms with Gasteiger partial charge in [-0.05, 0) is 30.0 Å². The highest BCUT2D eigenvalue weighted by Crippen LogP contribution is 2.48. The summed E-state index contributed by atoms with van der Waals surface area (Å²) in [5.74, 6) is 0. The Kier molecular flexibility index (Phi) is 2.58. The van der Waals surface area contributed by atoms with E-state index in [2.05, 4.69) is 91.3 Å². The fourth-order valence-corrected chi connectivity index (χ4v) is 4.20. The smallest absolute Gasteiger partial charge is 0.237 e. The molecule has 2 heterocycles. The Hall–Kier alpha value is -2.87. The number of pyridine rings is 1. The zero-order valence-corrected chi connectivity index (χ0v) is 14.2. The SMILES string of the molecule is Cc1ccc2cccc3c2c1-c1c(c2ccccc2c[n+]1C)N3C. The zero-order chi connectivity index (χ0) is 16.4. The van der Waals surface area contributed by atoms with Gasteiger partial charge in [-0.3, -0.25) is 0 Å². The molecule has 0 saturated heterocycles. The molecule has 116 valence electrons. The molecule has 0 aliphatic carbocycles. The molecule has 1 aromatic heterocycles. The van der Waals surface area contributed by atoms with Crippen LogP contribution in [-0.4, -0.2) is 7.05 Å². The molecule has 0 bridgehead atoms. The van der Waals surface area contributed by atoms with Gasteiger partial charge < -0.3 is 4.90 Å². The molecule has 0 radical (unpaired) electrons. The molecule has 24 heavy (non-hydrogen) atoms. The van der Waals surface area contributed by atoms with Crippen molar-refractivity contribution < 1.29 is 4.57 Å². The van der Waals surface area contributed by atoms with Crippen molar-refractivity contribution in [3.63, 3.8) is 0 Å². The number of fused-ring (bicyclic) bond motifs is 4. The van der Waals surface area contributed by atoms with Crippen molar-refractivity contribution in [1.29, 1.82) is 0 Å². The van der Waals surface area contributed by atoms with E-state index in [1.807, 2.05) is 0 Å². The van der Waals surface area contributed by atoms with Crippen molar-refractivity contribution in [3.8, 4) is 11.3 Å². The van der Waals surface area contributed by atoms with Gasteiger partial charge in [-0.25, -0.2) is 0 Å². The second-order valence-electron chi connectivity index (χ2n) is 6.72. The quantitative estimate of drug-likeness (QED) is 0.420. The highest BCUT2D eigenvalue weighted by atomic mass is 15.1. The normalized spacial score (nSPS) is 12.7. The molecule has 0 atom stereocenters. The molecule has 5 rings (SSSR count). The lowest BCUT2D eigenvalue weighted by molar-refractivity contribution is -0.658. The Balaban J connectivity index is 2.08. The Morgan fingerprint density at radius 1 is 0.875 bits per heavy atom. The van der Waals surface area contributed by atoms with Gasteiger partial charge in [0.15, 0.2) is 6.20 Å². The summed E-state index contributed by atoms with van der Waals surface area (Å²) in [6.07, 6.45) is 2.24. The Bertz CT molecular complexity index is 1140. The van der Waals surface area contributed by atoms with E-state index in [-0.39, 0.29) is 0 Å². The molecule has 0 spiro atoms. The van der Waals surface area contributed by atoms with Crippen molar-refractivity contribution in [2.24, 2.45) is 7.05 Å². The molecule has 2 heteroatoms. The summed E-state index contributed by atoms with van der Waals surface area (Å²) >= 11 is 0. The summed E-state index contributed by atoms with van der Waals surface area (Å²) < 4.78 is 2.28. The van der Waals surface area contributed by atoms with Gasteiger partial charge in [0, 0.05) is 28.9 Å². The van der Waals surface area contributed by atoms with Crippen molar-refractivity contribution in [3.05, 3.63) is 66.4 Å². The number of aryl methyl sites for hydroxylation is 2. The maximum absolute atomic E-state index is 2.35. The van der Waals surface area contributed by atoms with Crippen LogP contribution in [0.1, 0.15) is 5.56 Å². The first-order valence-electron chi connectivity index (χ1n) is 8.34. The molecule has 0 unspecified atom stereocenters. The summed E-state index contributed by atoms with van der Waals surface area (Å²) in [6, 6.07) is 19.7. The fraction of sp³-hybridized carbons (Fsp3) is 0.136. The minimum absolute atomic E-state index is 1.27. The van der Waals surface area contributed by atoms with Crippen molar-refractivity contribution in [2.45, 2.75) is 6.92 Å². The van der Waals surface area contributed by atoms with Crippen LogP contribution in [0.5, 0.6) is 0 Å². The van der Waals surface area contributed by atoms with Crippen LogP contribution in [0.25, 0.3) is 32.8 Å². The van der Waals surface area contributed by atoms with Crippen LogP contribution < -0.4 is 9.47 Å². The number of benzene rings is 3. The summed E-state index contributed by atoms with van der Waals surface area (Å²) in [5.41, 5.74) is 6.58. The molecule has 0 saturated carbocycles. The van der Waals surface area contributed by atoms with Gasteiger partial charge in [0.1, 0.15) is 12.7 Å². The topological polar surface area (TPSA) is 7.12 Å². The van der Waals surface area contributed by atoms with Gasteiger partial charge in [0.05, 0.1) is 5.56 Å². The lowest BCUT2D eigenvalue weighted by Gasteiger charge is -2.30. The van der Waals surface area contributed by atoms with Crippen LogP contribution in [0, 0.1) is 6.92 Å². The van der Waals surface area contributed by atoms with E-state index < -0.39 is 0 Å². The number of anilines is 2. The lowest BCUT2D eigenvalue weighted by atomic mass is 9.89. The summed E-state index contributed by atoms with van der Waals surface area (Å²) in [6.45, 7) is 2.22. The van der Waals surface area contributed by atoms with E-state index in [9.17, 15) is 0 Å². The summed E-state index contributed by atoms with van der Waals surface area (Å²) in [5, 5.41) is 5.24. The first kappa shape index (κ1) is 13.6. The second kappa shape index (κ2) is 4.57. The minimum atomic E-state index is 1.27. The predicted octanol–water partition coefficient (Wildman–Crippen LogP) is 4.87. The van der Waals surface area contributed by atoms with E-state index in [1.54, 1.807) is 0 Å². The molecular weight excluding hydrogens is 292 g/mol. The molecule has 3 aromatic carbocycles. The summed E-state index contributed by atoms with van der Waals surface area (Å²) in [4.78, 5) is 2.35. The van der Waals surface area contributed by atoms with Gasteiger partial charge in [0.25, 0.3) is 0 Å². The van der Waals surface area contributed by atoms with Crippen LogP contribution in [0.4, 0.5) is 11.4 Å². The van der Waals surface area contributed by atoms with Gasteiger partial charge in [-0.1, -0.05) is 42.5 Å². The van der Waals surface area contributed by atoms with Crippen LogP contribution in [-0.2, 0) is 7.05 Å². The standard InChI is InChI=1S/C22H19N2/c1-14-11-12-15-8-6-10-18-20(15)19(14)22-21(24(18)3)17-9-5-4-7-16(17)13-23(22)2/h4-13H,1-3H3/q+1. The first-order valence-corrected chi connectivity index (χ1v) is 8.34. The third kappa shape index (κ3) is 1.58. The van der Waals surface area contributed by atoms with Gasteiger partial charge in [-0.2, -0.15) is 4.57 Å². The first-order chi connectivity index (χ1) is 11.7. The number of aromatic nitrogens is 1. The maximum Gasteiger partial charge on any atom is 0.237 e. The Morgan fingerprint density at radius 2 is 1.67 bits per heavy atom. The Morgan fingerprint density at radius 3 is 2.54 bits per heavy atom. The molecule has 0 fully saturated rings. The molecular formula is C22H19N2+. The average Bonchev–Trinajstić information content (AvgIpc) is 2.60. The molecule has 2 nitrogen and oxygen atoms in total. The van der Waals surface area contributed by atoms with E-state index in [1.165, 1.54) is 49.7 Å². The number of rotatable bonds is 0. The van der Waals surface area contributed by atoms with E-state index >= 15 is 0 Å². The van der Waals surface area contributed by atoms with Crippen LogP contribution >= 0.6 is 0 Å². The van der Waals surface area contributed by atoms with Crippen molar-refractivity contribution in [2.75, 3.05) is 11.9 Å². The monoisotopic (exact) mass is 311 g/mol. The molecule has 1 aliphatic heterocycles. The van der Waals surface area contributed by atoms with Gasteiger partial charge in [0.2, 0.25) is 5.69 Å². The van der Waals surface area contributed by atoms with Crippen molar-refractivity contribution >= 4 is 32.9 Å². The van der Waals surface area contributed by atoms with E-state index in [0.29, 0.717) is 0 Å². The fourth-order valence-electron chi connectivity index (χ4n) is 4.20. The summed E-state index contributed by atoms with van der Waals surface area (Å²) in [7, 11) is 4.34. The van der Waals surface area contributed by atoms with Gasteiger partial charge >= 0.3 is 0 Å². The third-order valence-corrected chi connectivity index (χ3v) is 5.29. The molecule has 0 N–H and O–H groups in total. The Labute approximate surface area is 141 Å². The molecule has 4 aromatic rings. The van der Waals surface area contributed by atoms with Crippen LogP contribution in [0.3, 0.4) is 0 Å². The zero-order valence-electron chi connectivity index (χ0n) is 14.2. The van der Waals surface area contributed by atoms with Crippen LogP contribution in [0.2, 0.25) is 0 Å². The number of hydrogen-bond acceptors (Lipinski definition) is 1. The largest absolute Gasteiger partial charge is 0.338 e. The predicted molar refractivity (Wildman–Crippen MR) is 101 cm³/mol. The highest BCUT2D eigenvalue weighted by molar-refractivity contribution is 6.15. The maximum atomic E-state index is 2.35. The lowest BCUT2D eigenvalue weighted by Crippen LogP contribution is -2.34. The minimum Gasteiger partial charge on any atom is -0.338 e. The second-order valence-corrected chi connectivity index (χ2v) is 6.72. The van der Waals surface area contributed by atoms with E-state index in [4.69, 9.17) is 0 Å². The highest BCUT2D eigenvalue weighted by Gasteiger charge is 2.32. The van der Waals surface area contributed by atoms with Crippen LogP contribution in [0.15, 0.2) is 60.8 Å². The number of hydrogen-bond donors (Lipinski definition) is 0. The molecule has 1 aliphatic rings. The molecule has 0 amide bonds. The third-order valence-electron chi connectivity index (χ3n) is 5.29. The van der Waals surface area contributed by atoms with Crippen molar-refractivity contribution in [1.82, 2.24) is 0 Å². The average molecular weight is 311 g/mol. The van der Waals surface area contributed by atoms with E-state index in [0.717, 1.165) is 0 Å².